The zero-order valence-corrected chi connectivity index (χ0v) is 13.6. The lowest BCUT2D eigenvalue weighted by molar-refractivity contribution is -0.121. The molecule has 0 saturated heterocycles. The van der Waals surface area contributed by atoms with Crippen LogP contribution in [0.25, 0.3) is 10.8 Å². The van der Waals surface area contributed by atoms with Gasteiger partial charge in [-0.2, -0.15) is 0 Å². The first-order chi connectivity index (χ1) is 10.3. The molecule has 0 aliphatic rings. The zero-order valence-electron chi connectivity index (χ0n) is 13.6. The Hall–Kier alpha value is -1.91. The molecule has 2 aromatic carbocycles. The molecule has 4 nitrogen and oxygen atoms in total. The van der Waals surface area contributed by atoms with E-state index >= 15 is 0 Å². The topological polar surface area (TPSA) is 52.6 Å². The van der Waals surface area contributed by atoms with Crippen LogP contribution in [0.1, 0.15) is 20.8 Å². The number of hydrogen-bond acceptors (Lipinski definition) is 3. The Morgan fingerprint density at radius 1 is 1.23 bits per heavy atom. The van der Waals surface area contributed by atoms with Gasteiger partial charge in [0.05, 0.1) is 11.6 Å². The maximum Gasteiger partial charge on any atom is 0.241 e. The Morgan fingerprint density at radius 2 is 1.86 bits per heavy atom. The van der Waals surface area contributed by atoms with Gasteiger partial charge in [0.1, 0.15) is 0 Å². The Morgan fingerprint density at radius 3 is 2.55 bits per heavy atom. The molecule has 22 heavy (non-hydrogen) atoms. The largest absolute Gasteiger partial charge is 0.389 e. The van der Waals surface area contributed by atoms with E-state index in [-0.39, 0.29) is 11.9 Å². The fourth-order valence-electron chi connectivity index (χ4n) is 2.52. The average molecular weight is 300 g/mol. The van der Waals surface area contributed by atoms with Gasteiger partial charge in [-0.05, 0) is 39.3 Å². The number of carbonyl (C=O) groups excluding carboxylic acids is 1. The number of rotatable bonds is 5. The van der Waals surface area contributed by atoms with Crippen molar-refractivity contribution in [2.45, 2.75) is 32.4 Å². The summed E-state index contributed by atoms with van der Waals surface area (Å²) in [7, 11) is 1.84. The number of nitrogens with one attached hydrogen (secondary N) is 1. The Balaban J connectivity index is 2.14. The van der Waals surface area contributed by atoms with E-state index in [2.05, 4.69) is 5.32 Å². The maximum absolute atomic E-state index is 12.4. The number of amides is 1. The van der Waals surface area contributed by atoms with E-state index < -0.39 is 5.60 Å². The second-order valence-electron chi connectivity index (χ2n) is 6.42. The van der Waals surface area contributed by atoms with E-state index in [0.717, 1.165) is 16.5 Å². The second kappa shape index (κ2) is 6.46. The van der Waals surface area contributed by atoms with Gasteiger partial charge in [-0.15, -0.1) is 0 Å². The molecule has 1 unspecified atom stereocenters. The van der Waals surface area contributed by atoms with E-state index in [1.165, 1.54) is 0 Å². The summed E-state index contributed by atoms with van der Waals surface area (Å²) in [6, 6.07) is 13.5. The van der Waals surface area contributed by atoms with Crippen LogP contribution in [0.2, 0.25) is 0 Å². The molecule has 0 aromatic heterocycles. The normalized spacial score (nSPS) is 13.4. The highest BCUT2D eigenvalue weighted by Crippen LogP contribution is 2.23. The summed E-state index contributed by atoms with van der Waals surface area (Å²) >= 11 is 0. The Bertz CT molecular complexity index is 656. The number of fused-ring (bicyclic) bond motifs is 1. The third kappa shape index (κ3) is 4.06. The first-order valence-corrected chi connectivity index (χ1v) is 7.49. The van der Waals surface area contributed by atoms with Gasteiger partial charge in [0.2, 0.25) is 5.91 Å². The van der Waals surface area contributed by atoms with Crippen molar-refractivity contribution in [1.82, 2.24) is 4.90 Å². The van der Waals surface area contributed by atoms with Crippen molar-refractivity contribution in [2.24, 2.45) is 0 Å². The number of benzene rings is 2. The monoisotopic (exact) mass is 300 g/mol. The molecule has 0 fully saturated rings. The van der Waals surface area contributed by atoms with Crippen molar-refractivity contribution >= 4 is 22.4 Å². The van der Waals surface area contributed by atoms with Crippen LogP contribution >= 0.6 is 0 Å². The van der Waals surface area contributed by atoms with E-state index in [0.29, 0.717) is 6.54 Å². The van der Waals surface area contributed by atoms with Crippen LogP contribution in [0.3, 0.4) is 0 Å². The lowest BCUT2D eigenvalue weighted by Crippen LogP contribution is -2.46. The minimum Gasteiger partial charge on any atom is -0.389 e. The first kappa shape index (κ1) is 16.5. The van der Waals surface area contributed by atoms with Gasteiger partial charge in [-0.1, -0.05) is 36.4 Å². The molecule has 0 radical (unpaired) electrons. The van der Waals surface area contributed by atoms with Gasteiger partial charge in [0, 0.05) is 17.6 Å². The number of nitrogens with zero attached hydrogens (tertiary/aromatic N) is 1. The maximum atomic E-state index is 12.4. The molecule has 1 amide bonds. The summed E-state index contributed by atoms with van der Waals surface area (Å²) in [6.45, 7) is 5.74. The molecule has 0 saturated carbocycles. The molecule has 0 aliphatic heterocycles. The number of hydrogen-bond donors (Lipinski definition) is 2. The third-order valence-corrected chi connectivity index (χ3v) is 3.72. The lowest BCUT2D eigenvalue weighted by atomic mass is 10.1. The highest BCUT2D eigenvalue weighted by molar-refractivity contribution is 6.03. The standard InChI is InChI=1S/C18H24N2O2/c1-13(20(4)12-18(2,3)22)17(21)19-16-11-7-9-14-8-5-6-10-15(14)16/h5-11,13,22H,12H2,1-4H3,(H,19,21). The van der Waals surface area contributed by atoms with Gasteiger partial charge in [0.25, 0.3) is 0 Å². The fraction of sp³-hybridized carbons (Fsp3) is 0.389. The van der Waals surface area contributed by atoms with Crippen molar-refractivity contribution in [1.29, 1.82) is 0 Å². The molecule has 2 aromatic rings. The molecular formula is C18H24N2O2. The molecular weight excluding hydrogens is 276 g/mol. The van der Waals surface area contributed by atoms with Gasteiger partial charge in [-0.25, -0.2) is 0 Å². The molecule has 1 atom stereocenters. The minimum atomic E-state index is -0.831. The van der Waals surface area contributed by atoms with Crippen LogP contribution in [0.5, 0.6) is 0 Å². The zero-order chi connectivity index (χ0) is 16.3. The van der Waals surface area contributed by atoms with Crippen LogP contribution in [0.15, 0.2) is 42.5 Å². The Kier molecular flexibility index (Phi) is 4.84. The van der Waals surface area contributed by atoms with Crippen LogP contribution in [0, 0.1) is 0 Å². The Labute approximate surface area is 131 Å². The number of aliphatic hydroxyl groups is 1. The van der Waals surface area contributed by atoms with Crippen molar-refractivity contribution in [3.63, 3.8) is 0 Å². The molecule has 118 valence electrons. The molecule has 0 aliphatic carbocycles. The number of carbonyl (C=O) groups is 1. The summed E-state index contributed by atoms with van der Waals surface area (Å²) in [5.41, 5.74) is -0.0189. The molecule has 2 N–H and O–H groups in total. The summed E-state index contributed by atoms with van der Waals surface area (Å²) in [5, 5.41) is 15.0. The average Bonchev–Trinajstić information content (AvgIpc) is 2.45. The summed E-state index contributed by atoms with van der Waals surface area (Å²) in [5.74, 6) is -0.0805. The van der Waals surface area contributed by atoms with Gasteiger partial charge in [-0.3, -0.25) is 9.69 Å². The molecule has 4 heteroatoms. The first-order valence-electron chi connectivity index (χ1n) is 7.49. The summed E-state index contributed by atoms with van der Waals surface area (Å²) < 4.78 is 0. The lowest BCUT2D eigenvalue weighted by Gasteiger charge is -2.29. The molecule has 0 heterocycles. The fourth-order valence-corrected chi connectivity index (χ4v) is 2.52. The van der Waals surface area contributed by atoms with E-state index in [1.54, 1.807) is 13.8 Å². The second-order valence-corrected chi connectivity index (χ2v) is 6.42. The van der Waals surface area contributed by atoms with Crippen LogP contribution in [0.4, 0.5) is 5.69 Å². The minimum absolute atomic E-state index is 0.0805. The van der Waals surface area contributed by atoms with Crippen LogP contribution in [-0.2, 0) is 4.79 Å². The summed E-state index contributed by atoms with van der Waals surface area (Å²) in [6.07, 6.45) is 0. The van der Waals surface area contributed by atoms with Crippen molar-refractivity contribution < 1.29 is 9.90 Å². The predicted octanol–water partition coefficient (Wildman–Crippen LogP) is 2.87. The van der Waals surface area contributed by atoms with E-state index in [9.17, 15) is 9.90 Å². The number of likely N-dealkylation sites (N-methyl/N-ethyl adjacent to an activating group) is 1. The van der Waals surface area contributed by atoms with Crippen LogP contribution < -0.4 is 5.32 Å². The van der Waals surface area contributed by atoms with Gasteiger partial charge >= 0.3 is 0 Å². The SMILES string of the molecule is CC(C(=O)Nc1cccc2ccccc12)N(C)CC(C)(C)O. The van der Waals surface area contributed by atoms with Crippen molar-refractivity contribution in [2.75, 3.05) is 18.9 Å². The smallest absolute Gasteiger partial charge is 0.241 e. The predicted molar refractivity (Wildman–Crippen MR) is 91.0 cm³/mol. The van der Waals surface area contributed by atoms with Crippen molar-refractivity contribution in [3.8, 4) is 0 Å². The van der Waals surface area contributed by atoms with E-state index in [4.69, 9.17) is 0 Å². The molecule has 2 rings (SSSR count). The van der Waals surface area contributed by atoms with Gasteiger partial charge < -0.3 is 10.4 Å². The third-order valence-electron chi connectivity index (χ3n) is 3.72. The van der Waals surface area contributed by atoms with Crippen LogP contribution in [-0.4, -0.2) is 41.1 Å². The van der Waals surface area contributed by atoms with Gasteiger partial charge in [0.15, 0.2) is 0 Å². The summed E-state index contributed by atoms with van der Waals surface area (Å²) in [4.78, 5) is 14.3. The highest BCUT2D eigenvalue weighted by atomic mass is 16.3. The molecule has 0 spiro atoms. The van der Waals surface area contributed by atoms with E-state index in [1.807, 2.05) is 61.3 Å². The van der Waals surface area contributed by atoms with Crippen molar-refractivity contribution in [3.05, 3.63) is 42.5 Å². The molecule has 0 bridgehead atoms. The quantitative estimate of drug-likeness (QED) is 0.893. The highest BCUT2D eigenvalue weighted by Gasteiger charge is 2.23. The number of anilines is 1.